The average Bonchev–Trinajstić information content (AvgIpc) is 3.49. The molecule has 1 atom stereocenters. The van der Waals surface area contributed by atoms with E-state index in [0.717, 1.165) is 10.4 Å². The second-order valence-corrected chi connectivity index (χ2v) is 8.14. The van der Waals surface area contributed by atoms with Crippen molar-refractivity contribution < 1.29 is 9.53 Å². The summed E-state index contributed by atoms with van der Waals surface area (Å²) in [5.41, 5.74) is 2.65. The number of benzene rings is 1. The first-order chi connectivity index (χ1) is 15.7. The highest BCUT2D eigenvalue weighted by atomic mass is 32.1. The number of ether oxygens (including phenoxy) is 1. The molecule has 4 heterocycles. The monoisotopic (exact) mass is 444 g/mol. The van der Waals surface area contributed by atoms with E-state index < -0.39 is 6.04 Å². The van der Waals surface area contributed by atoms with Crippen LogP contribution in [0.1, 0.15) is 18.5 Å². The van der Waals surface area contributed by atoms with Gasteiger partial charge in [0.05, 0.1) is 23.2 Å². The first-order valence-electron chi connectivity index (χ1n) is 9.98. The summed E-state index contributed by atoms with van der Waals surface area (Å²) in [6.45, 7) is 1.86. The molecule has 2 N–H and O–H groups in total. The maximum Gasteiger partial charge on any atom is 0.255 e. The maximum atomic E-state index is 13.5. The van der Waals surface area contributed by atoms with Gasteiger partial charge in [-0.3, -0.25) is 9.78 Å². The van der Waals surface area contributed by atoms with Crippen LogP contribution in [0.15, 0.2) is 77.6 Å². The highest BCUT2D eigenvalue weighted by molar-refractivity contribution is 7.13. The van der Waals surface area contributed by atoms with Crippen LogP contribution in [0.5, 0.6) is 5.75 Å². The van der Waals surface area contributed by atoms with Crippen LogP contribution in [0.4, 0.5) is 11.6 Å². The Balaban J connectivity index is 1.59. The lowest BCUT2D eigenvalue weighted by atomic mass is 9.96. The Morgan fingerprint density at radius 1 is 1.19 bits per heavy atom. The predicted octanol–water partition coefficient (Wildman–Crippen LogP) is 4.34. The van der Waals surface area contributed by atoms with Gasteiger partial charge in [0.2, 0.25) is 5.95 Å². The molecule has 160 valence electrons. The fourth-order valence-electron chi connectivity index (χ4n) is 3.74. The standard InChI is InChI=1S/C23H20N6O2S/c1-14-19(22(30)26-16-8-3-4-9-17(16)31-2)20(15-7-5-11-24-13-15)29-23(25-14)27-21(28-29)18-10-6-12-32-18/h3-13,20H,1-2H3,(H,26,30)(H,25,27,28). The van der Waals surface area contributed by atoms with E-state index in [1.807, 2.05) is 48.7 Å². The van der Waals surface area contributed by atoms with Crippen molar-refractivity contribution in [3.05, 3.63) is 83.1 Å². The summed E-state index contributed by atoms with van der Waals surface area (Å²) < 4.78 is 7.14. The minimum absolute atomic E-state index is 0.257. The molecule has 1 aliphatic heterocycles. The van der Waals surface area contributed by atoms with Gasteiger partial charge in [-0.2, -0.15) is 4.98 Å². The average molecular weight is 445 g/mol. The minimum Gasteiger partial charge on any atom is -0.495 e. The number of amides is 1. The van der Waals surface area contributed by atoms with Crippen molar-refractivity contribution in [1.29, 1.82) is 0 Å². The maximum absolute atomic E-state index is 13.5. The molecule has 9 heteroatoms. The van der Waals surface area contributed by atoms with Crippen molar-refractivity contribution in [1.82, 2.24) is 19.7 Å². The van der Waals surface area contributed by atoms with Crippen LogP contribution in [0.2, 0.25) is 0 Å². The number of methoxy groups -OCH3 is 1. The molecule has 3 aromatic heterocycles. The highest BCUT2D eigenvalue weighted by Crippen LogP contribution is 2.37. The summed E-state index contributed by atoms with van der Waals surface area (Å²) in [6.07, 6.45) is 3.45. The molecule has 0 aliphatic carbocycles. The molecule has 1 aliphatic rings. The van der Waals surface area contributed by atoms with E-state index in [0.29, 0.717) is 34.5 Å². The summed E-state index contributed by atoms with van der Waals surface area (Å²) >= 11 is 1.57. The van der Waals surface area contributed by atoms with E-state index in [1.54, 1.807) is 47.7 Å². The van der Waals surface area contributed by atoms with Gasteiger partial charge >= 0.3 is 0 Å². The molecule has 1 unspecified atom stereocenters. The molecule has 5 rings (SSSR count). The fraction of sp³-hybridized carbons (Fsp3) is 0.130. The number of hydrogen-bond donors (Lipinski definition) is 2. The topological polar surface area (TPSA) is 94.0 Å². The van der Waals surface area contributed by atoms with Gasteiger partial charge in [-0.15, -0.1) is 16.4 Å². The van der Waals surface area contributed by atoms with Gasteiger partial charge in [-0.05, 0) is 42.1 Å². The molecule has 0 bridgehead atoms. The van der Waals surface area contributed by atoms with Crippen LogP contribution in [-0.4, -0.2) is 32.8 Å². The van der Waals surface area contributed by atoms with Crippen molar-refractivity contribution in [2.45, 2.75) is 13.0 Å². The Labute approximate surface area is 188 Å². The molecule has 0 radical (unpaired) electrons. The number of aromatic nitrogens is 4. The quantitative estimate of drug-likeness (QED) is 0.476. The third-order valence-corrected chi connectivity index (χ3v) is 6.06. The second-order valence-electron chi connectivity index (χ2n) is 7.19. The molecule has 8 nitrogen and oxygen atoms in total. The number of nitrogens with one attached hydrogen (secondary N) is 2. The van der Waals surface area contributed by atoms with E-state index in [2.05, 4.69) is 20.6 Å². The largest absolute Gasteiger partial charge is 0.495 e. The van der Waals surface area contributed by atoms with Crippen molar-refractivity contribution in [3.8, 4) is 16.5 Å². The molecule has 0 fully saturated rings. The van der Waals surface area contributed by atoms with Crippen LogP contribution in [0.3, 0.4) is 0 Å². The summed E-state index contributed by atoms with van der Waals surface area (Å²) in [6, 6.07) is 14.5. The lowest BCUT2D eigenvalue weighted by Gasteiger charge is -2.28. The lowest BCUT2D eigenvalue weighted by Crippen LogP contribution is -2.31. The number of pyridine rings is 1. The van der Waals surface area contributed by atoms with Gasteiger partial charge in [-0.25, -0.2) is 4.68 Å². The predicted molar refractivity (Wildman–Crippen MR) is 124 cm³/mol. The minimum atomic E-state index is -0.490. The van der Waals surface area contributed by atoms with Crippen LogP contribution in [0.25, 0.3) is 10.7 Å². The summed E-state index contributed by atoms with van der Waals surface area (Å²) in [5.74, 6) is 1.51. The van der Waals surface area contributed by atoms with Crippen LogP contribution in [0, 0.1) is 0 Å². The van der Waals surface area contributed by atoms with E-state index in [4.69, 9.17) is 9.84 Å². The molecule has 4 aromatic rings. The van der Waals surface area contributed by atoms with E-state index in [1.165, 1.54) is 0 Å². The van der Waals surface area contributed by atoms with E-state index in [9.17, 15) is 4.79 Å². The summed E-state index contributed by atoms with van der Waals surface area (Å²) in [4.78, 5) is 23.4. The lowest BCUT2D eigenvalue weighted by molar-refractivity contribution is -0.113. The number of hydrogen-bond acceptors (Lipinski definition) is 7. The number of carbonyl (C=O) groups excluding carboxylic acids is 1. The molecule has 0 spiro atoms. The zero-order valence-corrected chi connectivity index (χ0v) is 18.3. The zero-order chi connectivity index (χ0) is 22.1. The third-order valence-electron chi connectivity index (χ3n) is 5.19. The van der Waals surface area contributed by atoms with Crippen LogP contribution in [-0.2, 0) is 4.79 Å². The van der Waals surface area contributed by atoms with Crippen molar-refractivity contribution in [2.24, 2.45) is 0 Å². The molecule has 32 heavy (non-hydrogen) atoms. The number of rotatable bonds is 5. The first kappa shape index (κ1) is 20.0. The molecule has 0 saturated carbocycles. The highest BCUT2D eigenvalue weighted by Gasteiger charge is 2.35. The van der Waals surface area contributed by atoms with Gasteiger partial charge in [0.15, 0.2) is 5.82 Å². The van der Waals surface area contributed by atoms with Crippen molar-refractivity contribution >= 4 is 28.9 Å². The molecule has 0 saturated heterocycles. The Morgan fingerprint density at radius 3 is 2.81 bits per heavy atom. The smallest absolute Gasteiger partial charge is 0.255 e. The molecular weight excluding hydrogens is 424 g/mol. The molecule has 1 aromatic carbocycles. The molecular formula is C23H20N6O2S. The van der Waals surface area contributed by atoms with Crippen LogP contribution >= 0.6 is 11.3 Å². The number of thiophene rings is 1. The second kappa shape index (κ2) is 8.27. The summed E-state index contributed by atoms with van der Waals surface area (Å²) in [7, 11) is 1.57. The Kier molecular flexibility index (Phi) is 5.16. The van der Waals surface area contributed by atoms with Gasteiger partial charge in [0.25, 0.3) is 5.91 Å². The Bertz CT molecular complexity index is 1300. The number of fused-ring (bicyclic) bond motifs is 1. The Hall–Kier alpha value is -3.98. The van der Waals surface area contributed by atoms with Gasteiger partial charge in [-0.1, -0.05) is 24.3 Å². The number of para-hydroxylation sites is 2. The van der Waals surface area contributed by atoms with E-state index in [-0.39, 0.29) is 5.91 Å². The first-order valence-corrected chi connectivity index (χ1v) is 10.9. The van der Waals surface area contributed by atoms with Crippen molar-refractivity contribution in [3.63, 3.8) is 0 Å². The summed E-state index contributed by atoms with van der Waals surface area (Å²) in [5, 5.41) is 13.0. The normalized spacial score (nSPS) is 15.1. The van der Waals surface area contributed by atoms with Crippen molar-refractivity contribution in [2.75, 3.05) is 17.7 Å². The molecule has 1 amide bonds. The number of anilines is 2. The van der Waals surface area contributed by atoms with E-state index >= 15 is 0 Å². The SMILES string of the molecule is COc1ccccc1NC(=O)C1=C(C)Nc2nc(-c3cccs3)nn2C1c1cccnc1. The number of nitrogens with zero attached hydrogens (tertiary/aromatic N) is 4. The Morgan fingerprint density at radius 2 is 2.06 bits per heavy atom. The van der Waals surface area contributed by atoms with Gasteiger partial charge in [0.1, 0.15) is 11.8 Å². The third kappa shape index (κ3) is 3.52. The van der Waals surface area contributed by atoms with Crippen LogP contribution < -0.4 is 15.4 Å². The number of carbonyl (C=O) groups is 1. The van der Waals surface area contributed by atoms with Gasteiger partial charge in [0, 0.05) is 18.1 Å². The van der Waals surface area contributed by atoms with Gasteiger partial charge < -0.3 is 15.4 Å². The number of allylic oxidation sites excluding steroid dienone is 1. The zero-order valence-electron chi connectivity index (χ0n) is 17.4. The fourth-order valence-corrected chi connectivity index (χ4v) is 4.39.